The molecule has 0 radical (unpaired) electrons. The molecule has 0 amide bonds. The van der Waals surface area contributed by atoms with Gasteiger partial charge in [-0.1, -0.05) is 13.0 Å². The largest absolute Gasteiger partial charge is 0.504 e. The van der Waals surface area contributed by atoms with E-state index in [0.717, 1.165) is 5.56 Å². The number of aromatic hydroxyl groups is 1. The first-order valence-electron chi connectivity index (χ1n) is 4.37. The Balaban J connectivity index is 2.88. The van der Waals surface area contributed by atoms with Crippen molar-refractivity contribution in [2.75, 3.05) is 13.7 Å². The number of rotatable bonds is 4. The first kappa shape index (κ1) is 10.8. The molecule has 0 aromatic heterocycles. The highest BCUT2D eigenvalue weighted by Gasteiger charge is 2.08. The molecule has 0 aliphatic heterocycles. The maximum absolute atomic E-state index is 9.37. The number of nitrogens with two attached hydrogens (primary N) is 1. The van der Waals surface area contributed by atoms with Gasteiger partial charge in [0.05, 0.1) is 13.7 Å². The Labute approximate surface area is 83.2 Å². The van der Waals surface area contributed by atoms with Gasteiger partial charge in [0.2, 0.25) is 0 Å². The van der Waals surface area contributed by atoms with E-state index in [9.17, 15) is 5.11 Å². The highest BCUT2D eigenvalue weighted by molar-refractivity contribution is 5.42. The zero-order valence-corrected chi connectivity index (χ0v) is 8.36. The second-order valence-corrected chi connectivity index (χ2v) is 3.17. The Kier molecular flexibility index (Phi) is 3.73. The van der Waals surface area contributed by atoms with Crippen molar-refractivity contribution in [3.63, 3.8) is 0 Å². The fraction of sp³-hybridized carbons (Fsp3) is 0.400. The van der Waals surface area contributed by atoms with Crippen LogP contribution in [0.2, 0.25) is 0 Å². The van der Waals surface area contributed by atoms with Crippen molar-refractivity contribution in [2.24, 2.45) is 5.90 Å². The molecule has 0 spiro atoms. The van der Waals surface area contributed by atoms with Gasteiger partial charge in [0.25, 0.3) is 0 Å². The fourth-order valence-electron chi connectivity index (χ4n) is 1.24. The zero-order chi connectivity index (χ0) is 10.6. The minimum atomic E-state index is 0.136. The number of phenolic OH excluding ortho intramolecular Hbond substituents is 1. The molecule has 0 saturated heterocycles. The normalized spacial score (nSPS) is 12.5. The molecule has 78 valence electrons. The van der Waals surface area contributed by atoms with Crippen molar-refractivity contribution < 1.29 is 14.7 Å². The van der Waals surface area contributed by atoms with E-state index in [1.807, 2.05) is 13.0 Å². The number of benzene rings is 1. The van der Waals surface area contributed by atoms with Crippen LogP contribution in [0.1, 0.15) is 18.4 Å². The molecule has 0 aliphatic carbocycles. The molecule has 1 atom stereocenters. The quantitative estimate of drug-likeness (QED) is 0.716. The van der Waals surface area contributed by atoms with Crippen LogP contribution in [0.4, 0.5) is 0 Å². The molecule has 4 heteroatoms. The van der Waals surface area contributed by atoms with E-state index in [0.29, 0.717) is 12.4 Å². The first-order chi connectivity index (χ1) is 6.69. The standard InChI is InChI=1S/C10H15NO3/c1-7(6-14-11)8-3-4-9(12)10(5-8)13-2/h3-5,7,12H,6,11H2,1-2H3. The van der Waals surface area contributed by atoms with Gasteiger partial charge in [-0.15, -0.1) is 0 Å². The molecule has 3 N–H and O–H groups in total. The van der Waals surface area contributed by atoms with Gasteiger partial charge in [-0.2, -0.15) is 0 Å². The van der Waals surface area contributed by atoms with Gasteiger partial charge in [-0.05, 0) is 17.7 Å². The topological polar surface area (TPSA) is 64.7 Å². The summed E-state index contributed by atoms with van der Waals surface area (Å²) in [5, 5.41) is 9.37. The van der Waals surface area contributed by atoms with Crippen LogP contribution in [0.3, 0.4) is 0 Å². The summed E-state index contributed by atoms with van der Waals surface area (Å²) in [5.74, 6) is 5.76. The van der Waals surface area contributed by atoms with Crippen molar-refractivity contribution >= 4 is 0 Å². The van der Waals surface area contributed by atoms with Crippen LogP contribution < -0.4 is 10.6 Å². The Hall–Kier alpha value is -1.26. The molecule has 0 bridgehead atoms. The SMILES string of the molecule is COc1cc(C(C)CON)ccc1O. The third-order valence-corrected chi connectivity index (χ3v) is 2.12. The number of hydrogen-bond acceptors (Lipinski definition) is 4. The maximum atomic E-state index is 9.37. The second kappa shape index (κ2) is 4.83. The van der Waals surface area contributed by atoms with Crippen molar-refractivity contribution in [2.45, 2.75) is 12.8 Å². The lowest BCUT2D eigenvalue weighted by Crippen LogP contribution is -2.08. The van der Waals surface area contributed by atoms with Crippen LogP contribution in [0.5, 0.6) is 11.5 Å². The predicted molar refractivity (Wildman–Crippen MR) is 53.2 cm³/mol. The lowest BCUT2D eigenvalue weighted by atomic mass is 10.0. The summed E-state index contributed by atoms with van der Waals surface area (Å²) in [7, 11) is 1.52. The lowest BCUT2D eigenvalue weighted by molar-refractivity contribution is 0.126. The number of hydrogen-bond donors (Lipinski definition) is 2. The second-order valence-electron chi connectivity index (χ2n) is 3.17. The van der Waals surface area contributed by atoms with E-state index in [1.54, 1.807) is 12.1 Å². The predicted octanol–water partition coefficient (Wildman–Crippen LogP) is 1.39. The average Bonchev–Trinajstić information content (AvgIpc) is 2.19. The van der Waals surface area contributed by atoms with Crippen molar-refractivity contribution in [3.8, 4) is 11.5 Å². The van der Waals surface area contributed by atoms with Crippen LogP contribution in [0.25, 0.3) is 0 Å². The van der Waals surface area contributed by atoms with Crippen LogP contribution >= 0.6 is 0 Å². The highest BCUT2D eigenvalue weighted by atomic mass is 16.6. The maximum Gasteiger partial charge on any atom is 0.160 e. The molecule has 0 aliphatic rings. The molecule has 1 rings (SSSR count). The fourth-order valence-corrected chi connectivity index (χ4v) is 1.24. The van der Waals surface area contributed by atoms with Gasteiger partial charge >= 0.3 is 0 Å². The molecule has 4 nitrogen and oxygen atoms in total. The smallest absolute Gasteiger partial charge is 0.160 e. The van der Waals surface area contributed by atoms with E-state index in [-0.39, 0.29) is 11.7 Å². The van der Waals surface area contributed by atoms with Gasteiger partial charge < -0.3 is 14.7 Å². The van der Waals surface area contributed by atoms with Gasteiger partial charge in [-0.3, -0.25) is 0 Å². The first-order valence-corrected chi connectivity index (χ1v) is 4.37. The van der Waals surface area contributed by atoms with Crippen molar-refractivity contribution in [3.05, 3.63) is 23.8 Å². The van der Waals surface area contributed by atoms with E-state index in [4.69, 9.17) is 10.6 Å². The zero-order valence-electron chi connectivity index (χ0n) is 8.36. The molecular formula is C10H15NO3. The van der Waals surface area contributed by atoms with E-state index >= 15 is 0 Å². The third-order valence-electron chi connectivity index (χ3n) is 2.12. The van der Waals surface area contributed by atoms with Crippen LogP contribution in [-0.2, 0) is 4.84 Å². The van der Waals surface area contributed by atoms with E-state index in [1.165, 1.54) is 7.11 Å². The van der Waals surface area contributed by atoms with Crippen LogP contribution in [-0.4, -0.2) is 18.8 Å². The molecule has 0 fully saturated rings. The lowest BCUT2D eigenvalue weighted by Gasteiger charge is -2.12. The van der Waals surface area contributed by atoms with Gasteiger partial charge in [0.15, 0.2) is 11.5 Å². The average molecular weight is 197 g/mol. The van der Waals surface area contributed by atoms with E-state index in [2.05, 4.69) is 4.84 Å². The molecular weight excluding hydrogens is 182 g/mol. The number of methoxy groups -OCH3 is 1. The summed E-state index contributed by atoms with van der Waals surface area (Å²) in [5.41, 5.74) is 1.02. The molecule has 1 aromatic rings. The molecule has 1 aromatic carbocycles. The highest BCUT2D eigenvalue weighted by Crippen LogP contribution is 2.29. The van der Waals surface area contributed by atoms with Gasteiger partial charge in [-0.25, -0.2) is 5.90 Å². The number of phenols is 1. The molecule has 1 unspecified atom stereocenters. The summed E-state index contributed by atoms with van der Waals surface area (Å²) in [6, 6.07) is 5.20. The van der Waals surface area contributed by atoms with Crippen molar-refractivity contribution in [1.29, 1.82) is 0 Å². The Morgan fingerprint density at radius 3 is 2.79 bits per heavy atom. The summed E-state index contributed by atoms with van der Waals surface area (Å²) in [4.78, 5) is 4.56. The minimum Gasteiger partial charge on any atom is -0.504 e. The summed E-state index contributed by atoms with van der Waals surface area (Å²) >= 11 is 0. The Bertz CT molecular complexity index is 301. The molecule has 14 heavy (non-hydrogen) atoms. The number of ether oxygens (including phenoxy) is 1. The Morgan fingerprint density at radius 1 is 1.50 bits per heavy atom. The molecule has 0 heterocycles. The summed E-state index contributed by atoms with van der Waals surface area (Å²) < 4.78 is 4.99. The van der Waals surface area contributed by atoms with E-state index < -0.39 is 0 Å². The minimum absolute atomic E-state index is 0.136. The summed E-state index contributed by atoms with van der Waals surface area (Å²) in [6.45, 7) is 2.42. The van der Waals surface area contributed by atoms with Crippen molar-refractivity contribution in [1.82, 2.24) is 0 Å². The van der Waals surface area contributed by atoms with Gasteiger partial charge in [0, 0.05) is 5.92 Å². The third kappa shape index (κ3) is 2.37. The van der Waals surface area contributed by atoms with Crippen LogP contribution in [0, 0.1) is 0 Å². The van der Waals surface area contributed by atoms with Gasteiger partial charge in [0.1, 0.15) is 0 Å². The monoisotopic (exact) mass is 197 g/mol. The van der Waals surface area contributed by atoms with Crippen LogP contribution in [0.15, 0.2) is 18.2 Å². The molecule has 0 saturated carbocycles. The summed E-state index contributed by atoms with van der Waals surface area (Å²) in [6.07, 6.45) is 0. The Morgan fingerprint density at radius 2 is 2.21 bits per heavy atom.